The molecule has 126 valence electrons. The number of rotatable bonds is 8. The van der Waals surface area contributed by atoms with Gasteiger partial charge in [-0.15, -0.1) is 0 Å². The molecule has 0 bridgehead atoms. The quantitative estimate of drug-likeness (QED) is 0.630. The lowest BCUT2D eigenvalue weighted by Crippen LogP contribution is -2.48. The van der Waals surface area contributed by atoms with E-state index in [1.54, 1.807) is 0 Å². The van der Waals surface area contributed by atoms with E-state index in [2.05, 4.69) is 10.6 Å². The van der Waals surface area contributed by atoms with Crippen molar-refractivity contribution >= 4 is 17.6 Å². The number of nitrogens with one attached hydrogen (secondary N) is 2. The van der Waals surface area contributed by atoms with Crippen molar-refractivity contribution in [1.29, 1.82) is 0 Å². The summed E-state index contributed by atoms with van der Waals surface area (Å²) in [6.07, 6.45) is 1.05. The molecule has 0 aromatic rings. The van der Waals surface area contributed by atoms with E-state index in [1.165, 1.54) is 6.92 Å². The van der Waals surface area contributed by atoms with E-state index >= 15 is 0 Å². The first kappa shape index (κ1) is 24.6. The summed E-state index contributed by atoms with van der Waals surface area (Å²) in [5.41, 5.74) is 5.26. The van der Waals surface area contributed by atoms with Gasteiger partial charge in [0.05, 0.1) is 0 Å². The van der Waals surface area contributed by atoms with Gasteiger partial charge in [-0.25, -0.2) is 0 Å². The Morgan fingerprint density at radius 3 is 2.00 bits per heavy atom. The number of ketones is 1. The van der Waals surface area contributed by atoms with Gasteiger partial charge in [0.15, 0.2) is 0 Å². The molecule has 0 saturated carbocycles. The lowest BCUT2D eigenvalue weighted by Gasteiger charge is -2.16. The molecule has 6 heteroatoms. The number of hydrogen-bond acceptors (Lipinski definition) is 4. The van der Waals surface area contributed by atoms with Crippen molar-refractivity contribution in [2.45, 2.75) is 66.8 Å². The average Bonchev–Trinajstić information content (AvgIpc) is 2.48. The average molecular weight is 303 g/mol. The Morgan fingerprint density at radius 2 is 1.62 bits per heavy atom. The minimum atomic E-state index is -0.793. The maximum Gasteiger partial charge on any atom is 0.243 e. The van der Waals surface area contributed by atoms with Crippen molar-refractivity contribution in [2.75, 3.05) is 13.1 Å². The van der Waals surface area contributed by atoms with E-state index in [0.717, 1.165) is 0 Å². The van der Waals surface area contributed by atoms with Gasteiger partial charge in [-0.3, -0.25) is 14.4 Å². The second kappa shape index (κ2) is 18.6. The highest BCUT2D eigenvalue weighted by molar-refractivity contribution is 5.91. The monoisotopic (exact) mass is 303 g/mol. The standard InChI is InChI=1S/C11H21N3O3.2C2H6/c1-3-4-10(16)14-9(7-8(2)15)11(17)13-6-5-12;2*1-2/h9H,3-7,12H2,1-2H3,(H,13,17)(H,14,16);2*1-2H3. The number of carbonyl (C=O) groups is 3. The van der Waals surface area contributed by atoms with Gasteiger partial charge in [0.1, 0.15) is 11.8 Å². The Hall–Kier alpha value is -1.43. The molecule has 0 aliphatic heterocycles. The summed E-state index contributed by atoms with van der Waals surface area (Å²) in [7, 11) is 0. The largest absolute Gasteiger partial charge is 0.353 e. The molecule has 2 amide bonds. The van der Waals surface area contributed by atoms with Crippen LogP contribution in [-0.2, 0) is 14.4 Å². The summed E-state index contributed by atoms with van der Waals surface area (Å²) in [5, 5.41) is 5.10. The maximum absolute atomic E-state index is 11.6. The molecule has 1 atom stereocenters. The van der Waals surface area contributed by atoms with Crippen LogP contribution in [0.25, 0.3) is 0 Å². The van der Waals surface area contributed by atoms with Crippen LogP contribution in [0.4, 0.5) is 0 Å². The molecule has 4 N–H and O–H groups in total. The third kappa shape index (κ3) is 16.5. The fourth-order valence-corrected chi connectivity index (χ4v) is 1.31. The third-order valence-electron chi connectivity index (χ3n) is 2.06. The molecule has 0 radical (unpaired) electrons. The molecule has 0 fully saturated rings. The first-order chi connectivity index (χ1) is 10.0. The molecule has 0 aliphatic carbocycles. The summed E-state index contributed by atoms with van der Waals surface area (Å²) in [4.78, 5) is 34.0. The number of nitrogens with two attached hydrogens (primary N) is 1. The number of amides is 2. The van der Waals surface area contributed by atoms with Crippen molar-refractivity contribution < 1.29 is 14.4 Å². The van der Waals surface area contributed by atoms with Crippen LogP contribution in [0.3, 0.4) is 0 Å². The fraction of sp³-hybridized carbons (Fsp3) is 0.800. The smallest absolute Gasteiger partial charge is 0.243 e. The van der Waals surface area contributed by atoms with Gasteiger partial charge in [-0.1, -0.05) is 34.6 Å². The van der Waals surface area contributed by atoms with Crippen molar-refractivity contribution in [3.63, 3.8) is 0 Å². The van der Waals surface area contributed by atoms with Crippen LogP contribution in [-0.4, -0.2) is 36.7 Å². The van der Waals surface area contributed by atoms with E-state index in [0.29, 0.717) is 25.9 Å². The summed E-state index contributed by atoms with van der Waals surface area (Å²) < 4.78 is 0. The van der Waals surface area contributed by atoms with Gasteiger partial charge in [0, 0.05) is 25.9 Å². The van der Waals surface area contributed by atoms with E-state index in [4.69, 9.17) is 5.73 Å². The van der Waals surface area contributed by atoms with E-state index in [1.807, 2.05) is 34.6 Å². The maximum atomic E-state index is 11.6. The molecule has 0 aliphatic rings. The first-order valence-electron chi connectivity index (χ1n) is 7.77. The van der Waals surface area contributed by atoms with Crippen LogP contribution in [0.5, 0.6) is 0 Å². The van der Waals surface area contributed by atoms with E-state index in [9.17, 15) is 14.4 Å². The van der Waals surface area contributed by atoms with Crippen molar-refractivity contribution in [1.82, 2.24) is 10.6 Å². The molecule has 0 heterocycles. The molecule has 0 spiro atoms. The highest BCUT2D eigenvalue weighted by Crippen LogP contribution is 1.96. The van der Waals surface area contributed by atoms with Gasteiger partial charge in [0.2, 0.25) is 11.8 Å². The van der Waals surface area contributed by atoms with Crippen LogP contribution in [0.1, 0.15) is 60.8 Å². The van der Waals surface area contributed by atoms with Crippen LogP contribution in [0.2, 0.25) is 0 Å². The highest BCUT2D eigenvalue weighted by atomic mass is 16.2. The summed E-state index contributed by atoms with van der Waals surface area (Å²) in [5.74, 6) is -0.730. The summed E-state index contributed by atoms with van der Waals surface area (Å²) in [6, 6.07) is -0.793. The second-order valence-corrected chi connectivity index (χ2v) is 3.86. The van der Waals surface area contributed by atoms with Crippen LogP contribution in [0.15, 0.2) is 0 Å². The van der Waals surface area contributed by atoms with E-state index in [-0.39, 0.29) is 24.0 Å². The Bertz CT molecular complexity index is 281. The molecular formula is C15H33N3O3. The zero-order chi connectivity index (χ0) is 17.3. The molecule has 0 aromatic carbocycles. The zero-order valence-electron chi connectivity index (χ0n) is 14.4. The first-order valence-corrected chi connectivity index (χ1v) is 7.77. The van der Waals surface area contributed by atoms with Gasteiger partial charge >= 0.3 is 0 Å². The van der Waals surface area contributed by atoms with Crippen molar-refractivity contribution in [3.8, 4) is 0 Å². The molecule has 0 saturated heterocycles. The summed E-state index contributed by atoms with van der Waals surface area (Å²) >= 11 is 0. The number of carbonyl (C=O) groups excluding carboxylic acids is 3. The van der Waals surface area contributed by atoms with Gasteiger partial charge in [-0.2, -0.15) is 0 Å². The third-order valence-corrected chi connectivity index (χ3v) is 2.06. The SMILES string of the molecule is CC.CC.CCCC(=O)NC(CC(C)=O)C(=O)NCCN. The van der Waals surface area contributed by atoms with Gasteiger partial charge in [0.25, 0.3) is 0 Å². The predicted octanol–water partition coefficient (Wildman–Crippen LogP) is 1.38. The molecule has 0 aromatic heterocycles. The Morgan fingerprint density at radius 1 is 1.10 bits per heavy atom. The van der Waals surface area contributed by atoms with Crippen LogP contribution >= 0.6 is 0 Å². The molecular weight excluding hydrogens is 270 g/mol. The minimum Gasteiger partial charge on any atom is -0.353 e. The normalized spacial score (nSPS) is 10.0. The van der Waals surface area contributed by atoms with Gasteiger partial charge < -0.3 is 16.4 Å². The predicted molar refractivity (Wildman–Crippen MR) is 86.9 cm³/mol. The fourth-order valence-electron chi connectivity index (χ4n) is 1.31. The Balaban J connectivity index is -0.000000739. The zero-order valence-corrected chi connectivity index (χ0v) is 14.4. The highest BCUT2D eigenvalue weighted by Gasteiger charge is 2.21. The van der Waals surface area contributed by atoms with Crippen LogP contribution < -0.4 is 16.4 Å². The number of hydrogen-bond donors (Lipinski definition) is 3. The van der Waals surface area contributed by atoms with Crippen molar-refractivity contribution in [3.05, 3.63) is 0 Å². The van der Waals surface area contributed by atoms with Gasteiger partial charge in [-0.05, 0) is 13.3 Å². The number of Topliss-reactive ketones (excluding diaryl/α,β-unsaturated/α-hetero) is 1. The molecule has 6 nitrogen and oxygen atoms in total. The topological polar surface area (TPSA) is 101 Å². The second-order valence-electron chi connectivity index (χ2n) is 3.86. The summed E-state index contributed by atoms with van der Waals surface area (Å²) in [6.45, 7) is 11.9. The molecule has 21 heavy (non-hydrogen) atoms. The van der Waals surface area contributed by atoms with E-state index < -0.39 is 6.04 Å². The van der Waals surface area contributed by atoms with Crippen molar-refractivity contribution in [2.24, 2.45) is 5.73 Å². The Kier molecular flexibility index (Phi) is 21.7. The Labute approximate surface area is 129 Å². The molecule has 1 unspecified atom stereocenters. The lowest BCUT2D eigenvalue weighted by atomic mass is 10.1. The minimum absolute atomic E-state index is 0.00581. The molecule has 0 rings (SSSR count). The van der Waals surface area contributed by atoms with Crippen LogP contribution in [0, 0.1) is 0 Å². The lowest BCUT2D eigenvalue weighted by molar-refractivity contribution is -0.131.